The summed E-state index contributed by atoms with van der Waals surface area (Å²) in [5.74, 6) is -0.246. The van der Waals surface area contributed by atoms with Gasteiger partial charge in [-0.3, -0.25) is 0 Å². The number of hydrogen-bond acceptors (Lipinski definition) is 3. The van der Waals surface area contributed by atoms with Gasteiger partial charge in [0.1, 0.15) is 11.4 Å². The SMILES string of the molecule is OCC1(Cc2ccc(F)cc2)CNCCO1. The standard InChI is InChI=1S/C12H16FNO2/c13-11-3-1-10(2-4-11)7-12(9-15)8-14-5-6-16-12/h1-4,14-15H,5-9H2. The molecule has 2 rings (SSSR count). The fraction of sp³-hybridized carbons (Fsp3) is 0.500. The van der Waals surface area contributed by atoms with E-state index >= 15 is 0 Å². The Hall–Kier alpha value is -0.970. The van der Waals surface area contributed by atoms with Crippen molar-refractivity contribution in [1.29, 1.82) is 0 Å². The number of halogens is 1. The maximum absolute atomic E-state index is 12.7. The molecule has 1 fully saturated rings. The molecule has 88 valence electrons. The third-order valence-electron chi connectivity index (χ3n) is 2.86. The van der Waals surface area contributed by atoms with Gasteiger partial charge < -0.3 is 15.2 Å². The maximum atomic E-state index is 12.7. The van der Waals surface area contributed by atoms with Crippen LogP contribution in [0.3, 0.4) is 0 Å². The second-order valence-electron chi connectivity index (χ2n) is 4.17. The summed E-state index contributed by atoms with van der Waals surface area (Å²) in [5.41, 5.74) is 0.412. The lowest BCUT2D eigenvalue weighted by Gasteiger charge is -2.36. The Labute approximate surface area is 94.2 Å². The average Bonchev–Trinajstić information content (AvgIpc) is 2.33. The second kappa shape index (κ2) is 4.91. The van der Waals surface area contributed by atoms with Crippen LogP contribution in [0.4, 0.5) is 4.39 Å². The smallest absolute Gasteiger partial charge is 0.123 e. The summed E-state index contributed by atoms with van der Waals surface area (Å²) < 4.78 is 18.4. The third kappa shape index (κ3) is 2.58. The predicted molar refractivity (Wildman–Crippen MR) is 58.7 cm³/mol. The number of aliphatic hydroxyl groups is 1. The minimum atomic E-state index is -0.559. The fourth-order valence-electron chi connectivity index (χ4n) is 1.95. The highest BCUT2D eigenvalue weighted by Crippen LogP contribution is 2.19. The molecule has 0 bridgehead atoms. The van der Waals surface area contributed by atoms with Crippen LogP contribution < -0.4 is 5.32 Å². The molecule has 1 saturated heterocycles. The van der Waals surface area contributed by atoms with E-state index in [0.717, 1.165) is 12.1 Å². The van der Waals surface area contributed by atoms with Gasteiger partial charge in [-0.15, -0.1) is 0 Å². The zero-order valence-electron chi connectivity index (χ0n) is 9.08. The van der Waals surface area contributed by atoms with Crippen molar-refractivity contribution in [2.45, 2.75) is 12.0 Å². The van der Waals surface area contributed by atoms with Gasteiger partial charge in [-0.25, -0.2) is 4.39 Å². The van der Waals surface area contributed by atoms with Gasteiger partial charge in [0.05, 0.1) is 13.2 Å². The molecular weight excluding hydrogens is 209 g/mol. The van der Waals surface area contributed by atoms with Gasteiger partial charge >= 0.3 is 0 Å². The van der Waals surface area contributed by atoms with Crippen molar-refractivity contribution in [2.24, 2.45) is 0 Å². The molecule has 1 unspecified atom stereocenters. The van der Waals surface area contributed by atoms with Crippen molar-refractivity contribution in [3.8, 4) is 0 Å². The van der Waals surface area contributed by atoms with Gasteiger partial charge in [0.25, 0.3) is 0 Å². The van der Waals surface area contributed by atoms with Crippen LogP contribution in [0.15, 0.2) is 24.3 Å². The van der Waals surface area contributed by atoms with Crippen LogP contribution in [-0.2, 0) is 11.2 Å². The number of morpholine rings is 1. The minimum Gasteiger partial charge on any atom is -0.393 e. The van der Waals surface area contributed by atoms with Gasteiger partial charge in [0.15, 0.2) is 0 Å². The second-order valence-corrected chi connectivity index (χ2v) is 4.17. The molecule has 1 aliphatic heterocycles. The molecule has 0 radical (unpaired) electrons. The van der Waals surface area contributed by atoms with Crippen LogP contribution in [0.25, 0.3) is 0 Å². The number of hydrogen-bond donors (Lipinski definition) is 2. The first kappa shape index (κ1) is 11.5. The summed E-state index contributed by atoms with van der Waals surface area (Å²) in [6.07, 6.45) is 0.594. The summed E-state index contributed by atoms with van der Waals surface area (Å²) in [4.78, 5) is 0. The lowest BCUT2D eigenvalue weighted by molar-refractivity contribution is -0.0954. The van der Waals surface area contributed by atoms with Crippen LogP contribution >= 0.6 is 0 Å². The number of ether oxygens (including phenoxy) is 1. The van der Waals surface area contributed by atoms with Crippen LogP contribution in [0.5, 0.6) is 0 Å². The van der Waals surface area contributed by atoms with Crippen LogP contribution in [0.2, 0.25) is 0 Å². The Bertz CT molecular complexity index is 333. The highest BCUT2D eigenvalue weighted by Gasteiger charge is 2.32. The summed E-state index contributed by atoms with van der Waals surface area (Å²) in [5, 5.41) is 12.6. The van der Waals surface area contributed by atoms with Crippen molar-refractivity contribution in [3.05, 3.63) is 35.6 Å². The van der Waals surface area contributed by atoms with E-state index in [9.17, 15) is 9.50 Å². The van der Waals surface area contributed by atoms with E-state index in [-0.39, 0.29) is 12.4 Å². The largest absolute Gasteiger partial charge is 0.393 e. The zero-order valence-corrected chi connectivity index (χ0v) is 9.08. The maximum Gasteiger partial charge on any atom is 0.123 e. The van der Waals surface area contributed by atoms with Crippen LogP contribution in [-0.4, -0.2) is 37.0 Å². The lowest BCUT2D eigenvalue weighted by atomic mass is 9.94. The Morgan fingerprint density at radius 1 is 1.38 bits per heavy atom. The Kier molecular flexibility index (Phi) is 3.53. The molecule has 1 aromatic rings. The van der Waals surface area contributed by atoms with Gasteiger partial charge in [0.2, 0.25) is 0 Å². The van der Waals surface area contributed by atoms with Crippen molar-refractivity contribution in [1.82, 2.24) is 5.32 Å². The molecule has 1 aromatic carbocycles. The summed E-state index contributed by atoms with van der Waals surface area (Å²) in [6, 6.07) is 6.31. The molecule has 16 heavy (non-hydrogen) atoms. The van der Waals surface area contributed by atoms with E-state index in [2.05, 4.69) is 5.32 Å². The molecule has 4 heteroatoms. The molecule has 1 atom stereocenters. The van der Waals surface area contributed by atoms with Crippen molar-refractivity contribution < 1.29 is 14.2 Å². The summed E-state index contributed by atoms with van der Waals surface area (Å²) in [7, 11) is 0. The Morgan fingerprint density at radius 2 is 2.12 bits per heavy atom. The first-order valence-corrected chi connectivity index (χ1v) is 5.44. The molecule has 3 nitrogen and oxygen atoms in total. The van der Waals surface area contributed by atoms with E-state index < -0.39 is 5.60 Å². The van der Waals surface area contributed by atoms with Crippen molar-refractivity contribution in [2.75, 3.05) is 26.3 Å². The predicted octanol–water partition coefficient (Wildman–Crippen LogP) is 0.719. The quantitative estimate of drug-likeness (QED) is 0.796. The van der Waals surface area contributed by atoms with Crippen molar-refractivity contribution >= 4 is 0 Å². The van der Waals surface area contributed by atoms with Gasteiger partial charge in [0, 0.05) is 19.5 Å². The molecule has 0 spiro atoms. The summed E-state index contributed by atoms with van der Waals surface area (Å²) >= 11 is 0. The van der Waals surface area contributed by atoms with Crippen molar-refractivity contribution in [3.63, 3.8) is 0 Å². The monoisotopic (exact) mass is 225 g/mol. The van der Waals surface area contributed by atoms with Gasteiger partial charge in [-0.2, -0.15) is 0 Å². The van der Waals surface area contributed by atoms with E-state index in [1.54, 1.807) is 12.1 Å². The zero-order chi connectivity index (χ0) is 11.4. The number of nitrogens with one attached hydrogen (secondary N) is 1. The topological polar surface area (TPSA) is 41.5 Å². The molecule has 1 aliphatic rings. The number of rotatable bonds is 3. The highest BCUT2D eigenvalue weighted by molar-refractivity contribution is 5.18. The number of aliphatic hydroxyl groups excluding tert-OH is 1. The Balaban J connectivity index is 2.08. The van der Waals surface area contributed by atoms with E-state index in [4.69, 9.17) is 4.74 Å². The third-order valence-corrected chi connectivity index (χ3v) is 2.86. The average molecular weight is 225 g/mol. The van der Waals surface area contributed by atoms with E-state index in [1.165, 1.54) is 12.1 Å². The lowest BCUT2D eigenvalue weighted by Crippen LogP contribution is -2.53. The molecule has 0 aromatic heterocycles. The molecule has 0 aliphatic carbocycles. The molecule has 2 N–H and O–H groups in total. The molecule has 0 saturated carbocycles. The van der Waals surface area contributed by atoms with Gasteiger partial charge in [-0.05, 0) is 17.7 Å². The fourth-order valence-corrected chi connectivity index (χ4v) is 1.95. The van der Waals surface area contributed by atoms with E-state index in [0.29, 0.717) is 19.6 Å². The highest BCUT2D eigenvalue weighted by atomic mass is 19.1. The first-order valence-electron chi connectivity index (χ1n) is 5.44. The summed E-state index contributed by atoms with van der Waals surface area (Å²) in [6.45, 7) is 2.01. The molecule has 1 heterocycles. The van der Waals surface area contributed by atoms with E-state index in [1.807, 2.05) is 0 Å². The van der Waals surface area contributed by atoms with Crippen LogP contribution in [0.1, 0.15) is 5.56 Å². The molecular formula is C12H16FNO2. The van der Waals surface area contributed by atoms with Gasteiger partial charge in [-0.1, -0.05) is 12.1 Å². The number of benzene rings is 1. The minimum absolute atomic E-state index is 0.0304. The normalized spacial score (nSPS) is 25.6. The van der Waals surface area contributed by atoms with Crippen LogP contribution in [0, 0.1) is 5.82 Å². The Morgan fingerprint density at radius 3 is 2.69 bits per heavy atom. The molecule has 0 amide bonds. The first-order chi connectivity index (χ1) is 7.74.